The maximum atomic E-state index is 13.9. The lowest BCUT2D eigenvalue weighted by atomic mass is 10.1. The van der Waals surface area contributed by atoms with E-state index >= 15 is 0 Å². The van der Waals surface area contributed by atoms with E-state index in [2.05, 4.69) is 4.90 Å². The fraction of sp³-hybridized carbons (Fsp3) is 0.538. The number of hydrogen-bond donors (Lipinski definition) is 1. The van der Waals surface area contributed by atoms with Crippen molar-refractivity contribution in [3.05, 3.63) is 29.3 Å². The smallest absolute Gasteiger partial charge is 0.182 e. The highest BCUT2D eigenvalue weighted by molar-refractivity contribution is 5.51. The van der Waals surface area contributed by atoms with Crippen molar-refractivity contribution in [1.29, 1.82) is 0 Å². The van der Waals surface area contributed by atoms with Crippen LogP contribution in [0.2, 0.25) is 0 Å². The summed E-state index contributed by atoms with van der Waals surface area (Å²) in [6.45, 7) is 1.50. The van der Waals surface area contributed by atoms with E-state index in [1.807, 2.05) is 19.0 Å². The zero-order valence-corrected chi connectivity index (χ0v) is 10.8. The Morgan fingerprint density at radius 1 is 1.33 bits per heavy atom. The highest BCUT2D eigenvalue weighted by Gasteiger charge is 2.27. The number of benzene rings is 1. The van der Waals surface area contributed by atoms with Gasteiger partial charge < -0.3 is 15.5 Å². The molecule has 0 amide bonds. The van der Waals surface area contributed by atoms with Gasteiger partial charge in [-0.2, -0.15) is 0 Å². The molecule has 1 unspecified atom stereocenters. The van der Waals surface area contributed by atoms with E-state index in [-0.39, 0.29) is 12.1 Å². The van der Waals surface area contributed by atoms with Gasteiger partial charge >= 0.3 is 0 Å². The monoisotopic (exact) mass is 255 g/mol. The summed E-state index contributed by atoms with van der Waals surface area (Å²) in [4.78, 5) is 4.01. The normalized spacial score (nSPS) is 19.9. The van der Waals surface area contributed by atoms with E-state index in [0.717, 1.165) is 19.5 Å². The first-order valence-electron chi connectivity index (χ1n) is 6.13. The fourth-order valence-electron chi connectivity index (χ4n) is 2.36. The molecule has 1 saturated heterocycles. The number of hydrogen-bond acceptors (Lipinski definition) is 3. The van der Waals surface area contributed by atoms with Gasteiger partial charge in [0.25, 0.3) is 0 Å². The number of halogens is 2. The Hall–Kier alpha value is -1.20. The van der Waals surface area contributed by atoms with E-state index in [9.17, 15) is 8.78 Å². The van der Waals surface area contributed by atoms with Gasteiger partial charge in [0.05, 0.1) is 5.69 Å². The Bertz CT molecular complexity index is 434. The molecule has 1 aromatic carbocycles. The second kappa shape index (κ2) is 5.20. The van der Waals surface area contributed by atoms with Crippen LogP contribution in [-0.4, -0.2) is 38.1 Å². The van der Waals surface area contributed by atoms with Gasteiger partial charge in [0, 0.05) is 31.2 Å². The van der Waals surface area contributed by atoms with Crippen LogP contribution in [0.15, 0.2) is 12.1 Å². The highest BCUT2D eigenvalue weighted by atomic mass is 19.2. The molecule has 0 aromatic heterocycles. The highest BCUT2D eigenvalue weighted by Crippen LogP contribution is 2.27. The molecule has 18 heavy (non-hydrogen) atoms. The minimum atomic E-state index is -0.816. The molecule has 3 nitrogen and oxygen atoms in total. The van der Waals surface area contributed by atoms with Crippen molar-refractivity contribution in [2.75, 3.05) is 32.1 Å². The molecule has 1 fully saturated rings. The Balaban J connectivity index is 2.23. The quantitative estimate of drug-likeness (QED) is 0.889. The topological polar surface area (TPSA) is 32.5 Å². The molecule has 1 aromatic rings. The molecule has 5 heteroatoms. The van der Waals surface area contributed by atoms with Crippen molar-refractivity contribution in [2.45, 2.75) is 19.0 Å². The van der Waals surface area contributed by atoms with Gasteiger partial charge in [-0.25, -0.2) is 8.78 Å². The summed E-state index contributed by atoms with van der Waals surface area (Å²) in [5.74, 6) is -1.60. The van der Waals surface area contributed by atoms with E-state index in [1.54, 1.807) is 12.1 Å². The molecule has 2 rings (SSSR count). The Morgan fingerprint density at radius 2 is 2.06 bits per heavy atom. The molecule has 1 aliphatic heterocycles. The lowest BCUT2D eigenvalue weighted by Gasteiger charge is -2.22. The molecule has 1 atom stereocenters. The third-order valence-corrected chi connectivity index (χ3v) is 3.60. The number of nitrogens with zero attached hydrogens (tertiary/aromatic N) is 2. The molecule has 100 valence electrons. The third-order valence-electron chi connectivity index (χ3n) is 3.60. The second-order valence-electron chi connectivity index (χ2n) is 4.93. The summed E-state index contributed by atoms with van der Waals surface area (Å²) in [5.41, 5.74) is 5.92. The standard InChI is InChI=1S/C13H19F2N3/c1-17(2)10-5-6-18(8-10)11-4-3-9(7-16)12(14)13(11)15/h3-4,10H,5-8,16H2,1-2H3. The maximum Gasteiger partial charge on any atom is 0.182 e. The number of rotatable bonds is 3. The summed E-state index contributed by atoms with van der Waals surface area (Å²) in [6, 6.07) is 3.58. The van der Waals surface area contributed by atoms with Crippen molar-refractivity contribution in [2.24, 2.45) is 5.73 Å². The SMILES string of the molecule is CN(C)C1CCN(c2ccc(CN)c(F)c2F)C1. The van der Waals surface area contributed by atoms with Gasteiger partial charge in [0.2, 0.25) is 0 Å². The first-order chi connectivity index (χ1) is 8.54. The molecule has 0 aliphatic carbocycles. The molecule has 0 saturated carbocycles. The van der Waals surface area contributed by atoms with Crippen molar-refractivity contribution in [3.8, 4) is 0 Å². The predicted molar refractivity (Wildman–Crippen MR) is 68.6 cm³/mol. The van der Waals surface area contributed by atoms with Gasteiger partial charge in [-0.1, -0.05) is 6.07 Å². The van der Waals surface area contributed by atoms with Gasteiger partial charge in [-0.05, 0) is 26.6 Å². The van der Waals surface area contributed by atoms with Gasteiger partial charge in [-0.15, -0.1) is 0 Å². The van der Waals surface area contributed by atoms with Crippen molar-refractivity contribution in [1.82, 2.24) is 4.90 Å². The van der Waals surface area contributed by atoms with Crippen LogP contribution in [0.4, 0.5) is 14.5 Å². The maximum absolute atomic E-state index is 13.9. The first kappa shape index (κ1) is 13.2. The molecular formula is C13H19F2N3. The van der Waals surface area contributed by atoms with Crippen LogP contribution in [0, 0.1) is 11.6 Å². The zero-order valence-electron chi connectivity index (χ0n) is 10.8. The molecule has 1 aliphatic rings. The van der Waals surface area contributed by atoms with Crippen LogP contribution < -0.4 is 10.6 Å². The van der Waals surface area contributed by atoms with E-state index in [1.165, 1.54) is 0 Å². The Kier molecular flexibility index (Phi) is 3.82. The summed E-state index contributed by atoms with van der Waals surface area (Å²) >= 11 is 0. The predicted octanol–water partition coefficient (Wildman–Crippen LogP) is 1.56. The Morgan fingerprint density at radius 3 is 2.61 bits per heavy atom. The molecule has 0 bridgehead atoms. The fourth-order valence-corrected chi connectivity index (χ4v) is 2.36. The van der Waals surface area contributed by atoms with Crippen molar-refractivity contribution in [3.63, 3.8) is 0 Å². The van der Waals surface area contributed by atoms with Crippen LogP contribution in [-0.2, 0) is 6.54 Å². The van der Waals surface area contributed by atoms with E-state index in [0.29, 0.717) is 11.7 Å². The average molecular weight is 255 g/mol. The largest absolute Gasteiger partial charge is 0.367 e. The van der Waals surface area contributed by atoms with Gasteiger partial charge in [0.1, 0.15) is 0 Å². The lowest BCUT2D eigenvalue weighted by Crippen LogP contribution is -2.31. The van der Waals surface area contributed by atoms with Crippen LogP contribution >= 0.6 is 0 Å². The van der Waals surface area contributed by atoms with Crippen LogP contribution in [0.1, 0.15) is 12.0 Å². The Labute approximate surface area is 106 Å². The summed E-state index contributed by atoms with van der Waals surface area (Å²) in [7, 11) is 4.01. The average Bonchev–Trinajstić information content (AvgIpc) is 2.82. The number of likely N-dealkylation sites (N-methyl/N-ethyl adjacent to an activating group) is 1. The zero-order chi connectivity index (χ0) is 13.3. The number of anilines is 1. The number of nitrogens with two attached hydrogens (primary N) is 1. The minimum Gasteiger partial charge on any atom is -0.367 e. The van der Waals surface area contributed by atoms with Crippen molar-refractivity contribution < 1.29 is 8.78 Å². The lowest BCUT2D eigenvalue weighted by molar-refractivity contribution is 0.315. The van der Waals surface area contributed by atoms with Crippen LogP contribution in [0.25, 0.3) is 0 Å². The summed E-state index contributed by atoms with van der Waals surface area (Å²) < 4.78 is 27.6. The molecule has 0 radical (unpaired) electrons. The van der Waals surface area contributed by atoms with E-state index < -0.39 is 11.6 Å². The molecule has 0 spiro atoms. The molecule has 1 heterocycles. The van der Waals surface area contributed by atoms with Crippen LogP contribution in [0.5, 0.6) is 0 Å². The first-order valence-corrected chi connectivity index (χ1v) is 6.13. The van der Waals surface area contributed by atoms with Crippen LogP contribution in [0.3, 0.4) is 0 Å². The molecule has 2 N–H and O–H groups in total. The van der Waals surface area contributed by atoms with E-state index in [4.69, 9.17) is 5.73 Å². The van der Waals surface area contributed by atoms with Crippen molar-refractivity contribution >= 4 is 5.69 Å². The molecular weight excluding hydrogens is 236 g/mol. The minimum absolute atomic E-state index is 0.0172. The third kappa shape index (κ3) is 2.33. The van der Waals surface area contributed by atoms with Gasteiger partial charge in [0.15, 0.2) is 11.6 Å². The summed E-state index contributed by atoms with van der Waals surface area (Å²) in [5, 5.41) is 0. The second-order valence-corrected chi connectivity index (χ2v) is 4.93. The summed E-state index contributed by atoms with van der Waals surface area (Å²) in [6.07, 6.45) is 0.965. The van der Waals surface area contributed by atoms with Gasteiger partial charge in [-0.3, -0.25) is 0 Å².